The van der Waals surface area contributed by atoms with Crippen LogP contribution in [-0.4, -0.2) is 34.6 Å². The van der Waals surface area contributed by atoms with Gasteiger partial charge in [-0.3, -0.25) is 0 Å². The lowest BCUT2D eigenvalue weighted by Crippen LogP contribution is -2.34. The Morgan fingerprint density at radius 1 is 1.41 bits per heavy atom. The molecule has 0 heterocycles. The van der Waals surface area contributed by atoms with Crippen molar-refractivity contribution in [2.45, 2.75) is 45.0 Å². The smallest absolute Gasteiger partial charge is 0.407 e. The summed E-state index contributed by atoms with van der Waals surface area (Å²) in [6.45, 7) is 5.33. The van der Waals surface area contributed by atoms with Crippen LogP contribution in [0.15, 0.2) is 18.2 Å². The zero-order chi connectivity index (χ0) is 16.9. The molecule has 7 heteroatoms. The molecule has 5 N–H and O–H groups in total. The molecule has 0 fully saturated rings. The van der Waals surface area contributed by atoms with E-state index >= 15 is 0 Å². The van der Waals surface area contributed by atoms with Crippen LogP contribution in [0.2, 0.25) is 0 Å². The summed E-state index contributed by atoms with van der Waals surface area (Å²) in [5.41, 5.74) is 4.93. The highest BCUT2D eigenvalue weighted by molar-refractivity contribution is 5.67. The lowest BCUT2D eigenvalue weighted by molar-refractivity contribution is 0.0122. The summed E-state index contributed by atoms with van der Waals surface area (Å²) in [6, 6.07) is 3.83. The van der Waals surface area contributed by atoms with Gasteiger partial charge in [0.1, 0.15) is 17.5 Å². The first-order valence-electron chi connectivity index (χ1n) is 6.98. The van der Waals surface area contributed by atoms with Crippen molar-refractivity contribution in [3.05, 3.63) is 29.6 Å². The molecule has 1 rings (SSSR count). The van der Waals surface area contributed by atoms with Crippen molar-refractivity contribution < 1.29 is 24.1 Å². The van der Waals surface area contributed by atoms with E-state index in [0.717, 1.165) is 6.07 Å². The highest BCUT2D eigenvalue weighted by Gasteiger charge is 2.20. The van der Waals surface area contributed by atoms with Gasteiger partial charge in [0.2, 0.25) is 0 Å². The molecular formula is C15H23FN2O4. The summed E-state index contributed by atoms with van der Waals surface area (Å²) in [7, 11) is 0. The second-order valence-electron chi connectivity index (χ2n) is 6.01. The van der Waals surface area contributed by atoms with E-state index in [1.54, 1.807) is 20.8 Å². The van der Waals surface area contributed by atoms with Crippen LogP contribution in [0.3, 0.4) is 0 Å². The van der Waals surface area contributed by atoms with Gasteiger partial charge in [-0.05, 0) is 44.9 Å². The molecule has 0 saturated heterocycles. The topological polar surface area (TPSA) is 105 Å². The maximum Gasteiger partial charge on any atom is 0.407 e. The number of hydrogen-bond acceptors (Lipinski definition) is 5. The number of aliphatic hydroxyl groups excluding tert-OH is 2. The summed E-state index contributed by atoms with van der Waals surface area (Å²) < 4.78 is 18.4. The molecule has 0 aliphatic heterocycles. The van der Waals surface area contributed by atoms with Gasteiger partial charge >= 0.3 is 6.09 Å². The third-order valence-electron chi connectivity index (χ3n) is 2.84. The molecule has 0 saturated carbocycles. The average molecular weight is 314 g/mol. The lowest BCUT2D eigenvalue weighted by atomic mass is 10.0. The van der Waals surface area contributed by atoms with Gasteiger partial charge in [-0.15, -0.1) is 0 Å². The Morgan fingerprint density at radius 2 is 2.05 bits per heavy atom. The first-order chi connectivity index (χ1) is 10.1. The predicted molar refractivity (Wildman–Crippen MR) is 80.6 cm³/mol. The third kappa shape index (κ3) is 5.87. The van der Waals surface area contributed by atoms with Gasteiger partial charge in [-0.1, -0.05) is 6.07 Å². The van der Waals surface area contributed by atoms with Crippen LogP contribution in [0.25, 0.3) is 0 Å². The van der Waals surface area contributed by atoms with Crippen LogP contribution >= 0.6 is 0 Å². The van der Waals surface area contributed by atoms with Crippen molar-refractivity contribution in [1.29, 1.82) is 0 Å². The number of nitrogens with two attached hydrogens (primary N) is 1. The number of ether oxygens (including phenoxy) is 1. The predicted octanol–water partition coefficient (Wildman–Crippen LogP) is 1.72. The van der Waals surface area contributed by atoms with E-state index in [4.69, 9.17) is 10.5 Å². The Hall–Kier alpha value is -1.86. The zero-order valence-corrected chi connectivity index (χ0v) is 13.0. The minimum Gasteiger partial charge on any atom is -0.444 e. The number of carbonyl (C=O) groups excluding carboxylic acids is 1. The number of anilines is 1. The number of aliphatic hydroxyl groups is 2. The number of amides is 1. The number of halogens is 1. The number of nitrogen functional groups attached to an aromatic ring is 1. The molecule has 1 amide bonds. The summed E-state index contributed by atoms with van der Waals surface area (Å²) in [6.07, 6.45) is -2.94. The van der Waals surface area contributed by atoms with E-state index in [1.807, 2.05) is 0 Å². The van der Waals surface area contributed by atoms with E-state index < -0.39 is 29.7 Å². The number of alkyl carbamates (subject to hydrolysis) is 1. The fraction of sp³-hybridized carbons (Fsp3) is 0.533. The molecule has 6 nitrogen and oxygen atoms in total. The first kappa shape index (κ1) is 18.2. The first-order valence-corrected chi connectivity index (χ1v) is 6.98. The molecule has 124 valence electrons. The molecule has 0 bridgehead atoms. The molecule has 22 heavy (non-hydrogen) atoms. The quantitative estimate of drug-likeness (QED) is 0.619. The maximum atomic E-state index is 13.3. The summed E-state index contributed by atoms with van der Waals surface area (Å²) in [4.78, 5) is 11.4. The summed E-state index contributed by atoms with van der Waals surface area (Å²) in [5.74, 6) is -0.657. The largest absolute Gasteiger partial charge is 0.444 e. The normalized spacial score (nSPS) is 14.3. The Labute approximate surface area is 129 Å². The average Bonchev–Trinajstić information content (AvgIpc) is 2.38. The SMILES string of the molecule is CC(C)(C)OC(=O)NCCC(O)C(O)c1ccc(N)c(F)c1. The van der Waals surface area contributed by atoms with Crippen molar-refractivity contribution in [3.63, 3.8) is 0 Å². The second-order valence-corrected chi connectivity index (χ2v) is 6.01. The Kier molecular flexibility index (Phi) is 6.13. The molecule has 0 spiro atoms. The molecule has 2 atom stereocenters. The zero-order valence-electron chi connectivity index (χ0n) is 13.0. The fourth-order valence-electron chi connectivity index (χ4n) is 1.74. The lowest BCUT2D eigenvalue weighted by Gasteiger charge is -2.21. The molecule has 2 unspecified atom stereocenters. The van der Waals surface area contributed by atoms with Gasteiger partial charge in [0.05, 0.1) is 11.8 Å². The standard InChI is InChI=1S/C15H23FN2O4/c1-15(2,3)22-14(21)18-7-6-12(19)13(20)9-4-5-11(17)10(16)8-9/h4-5,8,12-13,19-20H,6-7,17H2,1-3H3,(H,18,21). The molecule has 0 aromatic heterocycles. The van der Waals surface area contributed by atoms with Crippen molar-refractivity contribution in [3.8, 4) is 0 Å². The van der Waals surface area contributed by atoms with Crippen LogP contribution in [0.1, 0.15) is 38.9 Å². The Bertz CT molecular complexity index is 517. The molecule has 0 aliphatic carbocycles. The highest BCUT2D eigenvalue weighted by Crippen LogP contribution is 2.22. The molecule has 0 aliphatic rings. The van der Waals surface area contributed by atoms with Gasteiger partial charge < -0.3 is 26.0 Å². The monoisotopic (exact) mass is 314 g/mol. The van der Waals surface area contributed by atoms with E-state index in [1.165, 1.54) is 12.1 Å². The minimum absolute atomic E-state index is 0.0305. The Balaban J connectivity index is 2.46. The van der Waals surface area contributed by atoms with Crippen LogP contribution in [-0.2, 0) is 4.74 Å². The Morgan fingerprint density at radius 3 is 2.59 bits per heavy atom. The van der Waals surface area contributed by atoms with E-state index in [0.29, 0.717) is 0 Å². The van der Waals surface area contributed by atoms with Crippen molar-refractivity contribution in [2.24, 2.45) is 0 Å². The van der Waals surface area contributed by atoms with Crippen molar-refractivity contribution in [1.82, 2.24) is 5.32 Å². The molecule has 0 radical (unpaired) electrons. The molecule has 1 aromatic carbocycles. The van der Waals surface area contributed by atoms with Crippen LogP contribution < -0.4 is 11.1 Å². The minimum atomic E-state index is -1.27. The number of nitrogens with one attached hydrogen (secondary N) is 1. The number of carbonyl (C=O) groups is 1. The van der Waals surface area contributed by atoms with E-state index in [9.17, 15) is 19.4 Å². The second kappa shape index (κ2) is 7.42. The van der Waals surface area contributed by atoms with Gasteiger partial charge in [0, 0.05) is 6.54 Å². The number of benzene rings is 1. The van der Waals surface area contributed by atoms with Gasteiger partial charge in [-0.2, -0.15) is 0 Å². The van der Waals surface area contributed by atoms with Crippen LogP contribution in [0.4, 0.5) is 14.9 Å². The fourth-order valence-corrected chi connectivity index (χ4v) is 1.74. The van der Waals surface area contributed by atoms with Gasteiger partial charge in [0.25, 0.3) is 0 Å². The maximum absolute atomic E-state index is 13.3. The summed E-state index contributed by atoms with van der Waals surface area (Å²) in [5, 5.41) is 22.3. The number of hydrogen-bond donors (Lipinski definition) is 4. The van der Waals surface area contributed by atoms with Gasteiger partial charge in [0.15, 0.2) is 0 Å². The number of rotatable bonds is 5. The molecule has 1 aromatic rings. The van der Waals surface area contributed by atoms with Crippen molar-refractivity contribution in [2.75, 3.05) is 12.3 Å². The third-order valence-corrected chi connectivity index (χ3v) is 2.84. The van der Waals surface area contributed by atoms with E-state index in [-0.39, 0.29) is 24.2 Å². The van der Waals surface area contributed by atoms with Crippen molar-refractivity contribution >= 4 is 11.8 Å². The highest BCUT2D eigenvalue weighted by atomic mass is 19.1. The van der Waals surface area contributed by atoms with E-state index in [2.05, 4.69) is 5.32 Å². The summed E-state index contributed by atoms with van der Waals surface area (Å²) >= 11 is 0. The van der Waals surface area contributed by atoms with Crippen LogP contribution in [0, 0.1) is 5.82 Å². The van der Waals surface area contributed by atoms with Crippen LogP contribution in [0.5, 0.6) is 0 Å². The van der Waals surface area contributed by atoms with Gasteiger partial charge in [-0.25, -0.2) is 9.18 Å². The molecular weight excluding hydrogens is 291 g/mol.